The molecule has 6 rings (SSSR count). The number of imidazole rings is 1. The van der Waals surface area contributed by atoms with Gasteiger partial charge in [-0.3, -0.25) is 4.79 Å². The van der Waals surface area contributed by atoms with Crippen LogP contribution in [0.3, 0.4) is 0 Å². The van der Waals surface area contributed by atoms with Gasteiger partial charge >= 0.3 is 0 Å². The Bertz CT molecular complexity index is 1610. The predicted molar refractivity (Wildman–Crippen MR) is 168 cm³/mol. The summed E-state index contributed by atoms with van der Waals surface area (Å²) in [6.07, 6.45) is 5.15. The molecule has 0 bridgehead atoms. The summed E-state index contributed by atoms with van der Waals surface area (Å²) < 4.78 is 10.3. The lowest BCUT2D eigenvalue weighted by atomic mass is 9.97. The number of methoxy groups -OCH3 is 1. The largest absolute Gasteiger partial charge is 0.494 e. The Morgan fingerprint density at radius 3 is 2.69 bits per heavy atom. The van der Waals surface area contributed by atoms with Gasteiger partial charge in [0.25, 0.3) is 5.91 Å². The SMILES string of the molecule is COc1cc(C(=O)N2CCC[C@@H](CN)C2)cc2nc(-c3cc4cccc(NCCC(C)(C)O)c4n3CC3CC3)n(C)c12. The molecular weight excluding hydrogens is 528 g/mol. The first-order valence-corrected chi connectivity index (χ1v) is 15.3. The Balaban J connectivity index is 1.42. The van der Waals surface area contributed by atoms with E-state index in [9.17, 15) is 9.90 Å². The van der Waals surface area contributed by atoms with Crippen molar-refractivity contribution < 1.29 is 14.6 Å². The predicted octanol–water partition coefficient (Wildman–Crippen LogP) is 5.00. The summed E-state index contributed by atoms with van der Waals surface area (Å²) in [6, 6.07) is 12.3. The number of hydrogen-bond acceptors (Lipinski definition) is 6. The zero-order valence-electron chi connectivity index (χ0n) is 25.3. The molecule has 0 radical (unpaired) electrons. The van der Waals surface area contributed by atoms with Gasteiger partial charge < -0.3 is 34.9 Å². The van der Waals surface area contributed by atoms with Crippen LogP contribution in [0.15, 0.2) is 36.4 Å². The number of rotatable bonds is 10. The first-order valence-electron chi connectivity index (χ1n) is 15.3. The number of aliphatic hydroxyl groups is 1. The van der Waals surface area contributed by atoms with E-state index in [0.717, 1.165) is 65.1 Å². The molecule has 0 spiro atoms. The first kappa shape index (κ1) is 28.6. The van der Waals surface area contributed by atoms with Gasteiger partial charge in [0, 0.05) is 44.2 Å². The molecule has 2 aromatic carbocycles. The number of benzene rings is 2. The number of carbonyl (C=O) groups is 1. The minimum atomic E-state index is -0.728. The molecule has 2 aromatic heterocycles. The number of anilines is 1. The lowest BCUT2D eigenvalue weighted by Crippen LogP contribution is -2.42. The van der Waals surface area contributed by atoms with E-state index < -0.39 is 5.60 Å². The number of piperidine rings is 1. The molecule has 224 valence electrons. The molecule has 1 atom stereocenters. The topological polar surface area (TPSA) is 111 Å². The molecule has 42 heavy (non-hydrogen) atoms. The number of hydrogen-bond donors (Lipinski definition) is 3. The van der Waals surface area contributed by atoms with Crippen molar-refractivity contribution >= 4 is 33.5 Å². The van der Waals surface area contributed by atoms with E-state index in [2.05, 4.69) is 38.7 Å². The number of aromatic nitrogens is 3. The fourth-order valence-electron chi connectivity index (χ4n) is 6.35. The van der Waals surface area contributed by atoms with Crippen molar-refractivity contribution in [1.29, 1.82) is 0 Å². The maximum Gasteiger partial charge on any atom is 0.254 e. The Morgan fingerprint density at radius 2 is 1.98 bits per heavy atom. The van der Waals surface area contributed by atoms with E-state index in [1.807, 2.05) is 37.9 Å². The summed E-state index contributed by atoms with van der Waals surface area (Å²) in [5.74, 6) is 2.48. The van der Waals surface area contributed by atoms with Crippen LogP contribution in [0.25, 0.3) is 33.5 Å². The number of nitrogens with one attached hydrogen (secondary N) is 1. The fraction of sp³-hybridized carbons (Fsp3) is 0.515. The van der Waals surface area contributed by atoms with Crippen LogP contribution in [0.5, 0.6) is 5.75 Å². The molecular formula is C33H44N6O3. The van der Waals surface area contributed by atoms with E-state index >= 15 is 0 Å². The maximum atomic E-state index is 13.6. The summed E-state index contributed by atoms with van der Waals surface area (Å²) in [5, 5.41) is 15.0. The number of nitrogens with two attached hydrogens (primary N) is 1. The smallest absolute Gasteiger partial charge is 0.254 e. The molecule has 1 aliphatic carbocycles. The average molecular weight is 573 g/mol. The van der Waals surface area contributed by atoms with E-state index in [1.165, 1.54) is 12.8 Å². The van der Waals surface area contributed by atoms with E-state index in [1.54, 1.807) is 7.11 Å². The second-order valence-electron chi connectivity index (χ2n) is 12.9. The number of nitrogens with zero attached hydrogens (tertiary/aromatic N) is 4. The number of amides is 1. The highest BCUT2D eigenvalue weighted by Gasteiger charge is 2.28. The lowest BCUT2D eigenvalue weighted by Gasteiger charge is -2.32. The van der Waals surface area contributed by atoms with Crippen molar-refractivity contribution in [3.63, 3.8) is 0 Å². The van der Waals surface area contributed by atoms with Crippen LogP contribution >= 0.6 is 0 Å². The Labute approximate surface area is 247 Å². The summed E-state index contributed by atoms with van der Waals surface area (Å²) in [4.78, 5) is 20.6. The van der Waals surface area contributed by atoms with Crippen molar-refractivity contribution in [2.24, 2.45) is 24.6 Å². The molecule has 9 nitrogen and oxygen atoms in total. The van der Waals surface area contributed by atoms with Crippen LogP contribution in [0.1, 0.15) is 56.3 Å². The minimum Gasteiger partial charge on any atom is -0.494 e. The molecule has 4 aromatic rings. The van der Waals surface area contributed by atoms with Gasteiger partial charge in [-0.15, -0.1) is 0 Å². The Morgan fingerprint density at radius 1 is 1.17 bits per heavy atom. The number of fused-ring (bicyclic) bond motifs is 2. The van der Waals surface area contributed by atoms with Crippen LogP contribution in [-0.2, 0) is 13.6 Å². The monoisotopic (exact) mass is 572 g/mol. The maximum absolute atomic E-state index is 13.6. The molecule has 4 N–H and O–H groups in total. The van der Waals surface area contributed by atoms with Crippen molar-refractivity contribution in [3.05, 3.63) is 42.0 Å². The normalized spacial score (nSPS) is 17.8. The summed E-state index contributed by atoms with van der Waals surface area (Å²) in [5.41, 5.74) is 10.7. The van der Waals surface area contributed by atoms with Crippen molar-refractivity contribution in [1.82, 2.24) is 19.0 Å². The van der Waals surface area contributed by atoms with Crippen LogP contribution in [0.4, 0.5) is 5.69 Å². The molecule has 3 heterocycles. The second kappa shape index (κ2) is 11.3. The lowest BCUT2D eigenvalue weighted by molar-refractivity contribution is 0.0677. The number of ether oxygens (including phenoxy) is 1. The van der Waals surface area contributed by atoms with Gasteiger partial charge in [-0.25, -0.2) is 4.98 Å². The first-order chi connectivity index (χ1) is 20.2. The van der Waals surface area contributed by atoms with Crippen molar-refractivity contribution in [3.8, 4) is 17.3 Å². The molecule has 1 saturated heterocycles. The van der Waals surface area contributed by atoms with Gasteiger partial charge in [-0.2, -0.15) is 0 Å². The average Bonchev–Trinajstić information content (AvgIpc) is 3.64. The van der Waals surface area contributed by atoms with Gasteiger partial charge in [0.05, 0.1) is 35.1 Å². The molecule has 1 saturated carbocycles. The molecule has 1 amide bonds. The highest BCUT2D eigenvalue weighted by Crippen LogP contribution is 2.40. The zero-order chi connectivity index (χ0) is 29.6. The van der Waals surface area contributed by atoms with Crippen LogP contribution in [0.2, 0.25) is 0 Å². The van der Waals surface area contributed by atoms with Gasteiger partial charge in [0.1, 0.15) is 11.3 Å². The fourth-order valence-corrected chi connectivity index (χ4v) is 6.35. The standard InChI is InChI=1S/C33H44N6O3/c1-33(2,41)12-13-35-25-9-5-8-23-16-27(39(29(23)25)20-21-10-11-21)31-36-26-15-24(17-28(42-4)30(26)37(31)3)32(40)38-14-6-7-22(18-34)19-38/h5,8-9,15-17,21-22,35,41H,6-7,10-14,18-20,34H2,1-4H3/t22-/m0/s1. The second-order valence-corrected chi connectivity index (χ2v) is 12.9. The highest BCUT2D eigenvalue weighted by molar-refractivity contribution is 6.01. The number of aryl methyl sites for hydroxylation is 1. The number of carbonyl (C=O) groups excluding carboxylic acids is 1. The van der Waals surface area contributed by atoms with E-state index in [0.29, 0.717) is 49.2 Å². The molecule has 0 unspecified atom stereocenters. The van der Waals surface area contributed by atoms with Gasteiger partial charge in [-0.1, -0.05) is 12.1 Å². The van der Waals surface area contributed by atoms with E-state index in [-0.39, 0.29) is 5.91 Å². The van der Waals surface area contributed by atoms with Crippen molar-refractivity contribution in [2.45, 2.75) is 58.1 Å². The van der Waals surface area contributed by atoms with Crippen LogP contribution < -0.4 is 15.8 Å². The van der Waals surface area contributed by atoms with Gasteiger partial charge in [-0.05, 0) is 88.6 Å². The summed E-state index contributed by atoms with van der Waals surface area (Å²) in [6.45, 7) is 7.31. The molecule has 1 aliphatic heterocycles. The van der Waals surface area contributed by atoms with Crippen molar-refractivity contribution in [2.75, 3.05) is 38.6 Å². The minimum absolute atomic E-state index is 0.00479. The van der Waals surface area contributed by atoms with E-state index in [4.69, 9.17) is 15.5 Å². The summed E-state index contributed by atoms with van der Waals surface area (Å²) >= 11 is 0. The molecule has 2 aliphatic rings. The molecule has 2 fully saturated rings. The molecule has 9 heteroatoms. The zero-order valence-corrected chi connectivity index (χ0v) is 25.3. The van der Waals surface area contributed by atoms with Gasteiger partial charge in [0.2, 0.25) is 0 Å². The third-order valence-corrected chi connectivity index (χ3v) is 8.88. The Kier molecular flexibility index (Phi) is 7.66. The quantitative estimate of drug-likeness (QED) is 0.247. The number of likely N-dealkylation sites (tertiary alicyclic amines) is 1. The van der Waals surface area contributed by atoms with Crippen LogP contribution in [-0.4, -0.2) is 68.9 Å². The summed E-state index contributed by atoms with van der Waals surface area (Å²) in [7, 11) is 3.67. The van der Waals surface area contributed by atoms with Crippen LogP contribution in [0, 0.1) is 11.8 Å². The highest BCUT2D eigenvalue weighted by atomic mass is 16.5. The van der Waals surface area contributed by atoms with Gasteiger partial charge in [0.15, 0.2) is 5.82 Å². The number of para-hydroxylation sites is 1. The third kappa shape index (κ3) is 5.60. The third-order valence-electron chi connectivity index (χ3n) is 8.88. The Hall–Kier alpha value is -3.56.